The number of nitrogens with two attached hydrogens (primary N) is 1. The second-order valence-corrected chi connectivity index (χ2v) is 7.06. The predicted octanol–water partition coefficient (Wildman–Crippen LogP) is 3.10. The van der Waals surface area contributed by atoms with E-state index in [9.17, 15) is 13.0 Å². The van der Waals surface area contributed by atoms with Crippen molar-refractivity contribution in [1.29, 1.82) is 0 Å². The lowest BCUT2D eigenvalue weighted by Crippen LogP contribution is -2.01. The SMILES string of the molecule is Cc1ccc2sc(-c3ccc(N)cc3)nc2c1S(=O)(=O)O. The second kappa shape index (κ2) is 4.80. The van der Waals surface area contributed by atoms with Crippen LogP contribution >= 0.6 is 11.3 Å². The molecule has 0 fully saturated rings. The lowest BCUT2D eigenvalue weighted by molar-refractivity contribution is 0.483. The van der Waals surface area contributed by atoms with Crippen molar-refractivity contribution in [3.8, 4) is 10.6 Å². The standard InChI is InChI=1S/C14H12N2O3S2/c1-8-2-7-11-12(13(8)21(17,18)19)16-14(20-11)9-3-5-10(15)6-4-9/h2-7H,15H2,1H3,(H,17,18,19). The maximum Gasteiger partial charge on any atom is 0.296 e. The number of nitrogens with zero attached hydrogens (tertiary/aromatic N) is 1. The molecule has 2 aromatic carbocycles. The van der Waals surface area contributed by atoms with Crippen LogP contribution in [0.25, 0.3) is 20.8 Å². The van der Waals surface area contributed by atoms with E-state index >= 15 is 0 Å². The van der Waals surface area contributed by atoms with Crippen LogP contribution in [-0.4, -0.2) is 18.0 Å². The van der Waals surface area contributed by atoms with Crippen molar-refractivity contribution in [2.75, 3.05) is 5.73 Å². The molecule has 108 valence electrons. The van der Waals surface area contributed by atoms with E-state index in [1.165, 1.54) is 11.3 Å². The fourth-order valence-corrected chi connectivity index (χ4v) is 4.06. The molecule has 3 rings (SSSR count). The van der Waals surface area contributed by atoms with Crippen LogP contribution in [0.3, 0.4) is 0 Å². The Hall–Kier alpha value is -1.96. The Kier molecular flexibility index (Phi) is 3.20. The Labute approximate surface area is 125 Å². The monoisotopic (exact) mass is 320 g/mol. The maximum atomic E-state index is 11.6. The van der Waals surface area contributed by atoms with Crippen molar-refractivity contribution >= 4 is 37.4 Å². The number of benzene rings is 2. The molecule has 0 spiro atoms. The molecule has 0 saturated heterocycles. The maximum absolute atomic E-state index is 11.6. The Morgan fingerprint density at radius 2 is 1.81 bits per heavy atom. The van der Waals surface area contributed by atoms with Crippen molar-refractivity contribution in [3.63, 3.8) is 0 Å². The molecule has 0 amide bonds. The molecule has 0 aliphatic carbocycles. The quantitative estimate of drug-likeness (QED) is 0.559. The van der Waals surface area contributed by atoms with Gasteiger partial charge in [-0.3, -0.25) is 4.55 Å². The summed E-state index contributed by atoms with van der Waals surface area (Å²) in [6, 6.07) is 10.6. The molecule has 0 unspecified atom stereocenters. The molecule has 21 heavy (non-hydrogen) atoms. The molecule has 0 atom stereocenters. The number of aryl methyl sites for hydroxylation is 1. The minimum atomic E-state index is -4.31. The van der Waals surface area contributed by atoms with Gasteiger partial charge in [0, 0.05) is 11.3 Å². The van der Waals surface area contributed by atoms with Crippen molar-refractivity contribution in [3.05, 3.63) is 42.0 Å². The van der Waals surface area contributed by atoms with Crippen LogP contribution in [0.4, 0.5) is 5.69 Å². The van der Waals surface area contributed by atoms with E-state index in [0.717, 1.165) is 5.56 Å². The Bertz CT molecular complexity index is 929. The first-order valence-corrected chi connectivity index (χ1v) is 8.35. The smallest absolute Gasteiger partial charge is 0.296 e. The van der Waals surface area contributed by atoms with Gasteiger partial charge in [0.05, 0.1) is 4.70 Å². The zero-order chi connectivity index (χ0) is 15.2. The van der Waals surface area contributed by atoms with Crippen molar-refractivity contribution in [1.82, 2.24) is 4.98 Å². The molecule has 5 nitrogen and oxygen atoms in total. The van der Waals surface area contributed by atoms with Crippen LogP contribution in [0.5, 0.6) is 0 Å². The zero-order valence-corrected chi connectivity index (χ0v) is 12.7. The first-order valence-electron chi connectivity index (χ1n) is 6.10. The van der Waals surface area contributed by atoms with Gasteiger partial charge in [0.15, 0.2) is 0 Å². The van der Waals surface area contributed by atoms with E-state index in [4.69, 9.17) is 5.73 Å². The Morgan fingerprint density at radius 3 is 2.43 bits per heavy atom. The molecule has 0 aliphatic rings. The van der Waals surface area contributed by atoms with Crippen molar-refractivity contribution in [2.45, 2.75) is 11.8 Å². The summed E-state index contributed by atoms with van der Waals surface area (Å²) in [5.41, 5.74) is 7.92. The number of hydrogen-bond donors (Lipinski definition) is 2. The Morgan fingerprint density at radius 1 is 1.14 bits per heavy atom. The van der Waals surface area contributed by atoms with E-state index in [0.29, 0.717) is 26.5 Å². The third-order valence-electron chi connectivity index (χ3n) is 3.13. The van der Waals surface area contributed by atoms with Crippen LogP contribution in [0, 0.1) is 6.92 Å². The van der Waals surface area contributed by atoms with Crippen molar-refractivity contribution < 1.29 is 13.0 Å². The topological polar surface area (TPSA) is 93.3 Å². The average molecular weight is 320 g/mol. The fourth-order valence-electron chi connectivity index (χ4n) is 2.15. The Balaban J connectivity index is 2.28. The van der Waals surface area contributed by atoms with E-state index < -0.39 is 10.1 Å². The van der Waals surface area contributed by atoms with Gasteiger partial charge in [-0.2, -0.15) is 8.42 Å². The minimum absolute atomic E-state index is 0.127. The first-order chi connectivity index (χ1) is 9.86. The number of rotatable bonds is 2. The summed E-state index contributed by atoms with van der Waals surface area (Å²) in [5, 5.41) is 0.681. The molecule has 0 bridgehead atoms. The summed E-state index contributed by atoms with van der Waals surface area (Å²) in [4.78, 5) is 4.25. The van der Waals surface area contributed by atoms with Crippen molar-refractivity contribution in [2.24, 2.45) is 0 Å². The third kappa shape index (κ3) is 2.51. The summed E-state index contributed by atoms with van der Waals surface area (Å²) in [5.74, 6) is 0. The van der Waals surface area contributed by atoms with Gasteiger partial charge in [-0.1, -0.05) is 6.07 Å². The predicted molar refractivity (Wildman–Crippen MR) is 84.0 cm³/mol. The highest BCUT2D eigenvalue weighted by atomic mass is 32.2. The molecule has 7 heteroatoms. The molecule has 0 aliphatic heterocycles. The highest BCUT2D eigenvalue weighted by molar-refractivity contribution is 7.86. The number of thiazole rings is 1. The highest BCUT2D eigenvalue weighted by Crippen LogP contribution is 2.34. The highest BCUT2D eigenvalue weighted by Gasteiger charge is 2.20. The summed E-state index contributed by atoms with van der Waals surface area (Å²) in [7, 11) is -4.31. The van der Waals surface area contributed by atoms with Gasteiger partial charge >= 0.3 is 0 Å². The summed E-state index contributed by atoms with van der Waals surface area (Å²) >= 11 is 1.37. The molecular weight excluding hydrogens is 308 g/mol. The van der Waals surface area contributed by atoms with Gasteiger partial charge < -0.3 is 5.73 Å². The molecule has 3 aromatic rings. The number of fused-ring (bicyclic) bond motifs is 1. The summed E-state index contributed by atoms with van der Waals surface area (Å²) in [6.07, 6.45) is 0. The van der Waals surface area contributed by atoms with Gasteiger partial charge in [0.25, 0.3) is 10.1 Å². The molecule has 1 heterocycles. The molecule has 0 saturated carbocycles. The molecular formula is C14H12N2O3S2. The van der Waals surface area contributed by atoms with E-state index in [1.54, 1.807) is 31.2 Å². The average Bonchev–Trinajstić information content (AvgIpc) is 2.81. The summed E-state index contributed by atoms with van der Waals surface area (Å²) in [6.45, 7) is 1.63. The van der Waals surface area contributed by atoms with Gasteiger partial charge in [-0.25, -0.2) is 4.98 Å². The first kappa shape index (κ1) is 14.0. The lowest BCUT2D eigenvalue weighted by Gasteiger charge is -2.02. The van der Waals surface area contributed by atoms with Gasteiger partial charge in [-0.05, 0) is 42.8 Å². The van der Waals surface area contributed by atoms with Crippen LogP contribution in [0.1, 0.15) is 5.56 Å². The van der Waals surface area contributed by atoms with Gasteiger partial charge in [0.2, 0.25) is 0 Å². The van der Waals surface area contributed by atoms with Crippen LogP contribution < -0.4 is 5.73 Å². The second-order valence-electron chi connectivity index (χ2n) is 4.67. The molecule has 1 aromatic heterocycles. The van der Waals surface area contributed by atoms with E-state index in [-0.39, 0.29) is 4.90 Å². The fraction of sp³-hybridized carbons (Fsp3) is 0.0714. The van der Waals surface area contributed by atoms with Crippen LogP contribution in [0.2, 0.25) is 0 Å². The van der Waals surface area contributed by atoms with Gasteiger partial charge in [0.1, 0.15) is 15.4 Å². The summed E-state index contributed by atoms with van der Waals surface area (Å²) < 4.78 is 33.2. The zero-order valence-electron chi connectivity index (χ0n) is 11.1. The normalized spacial score (nSPS) is 11.9. The third-order valence-corrected chi connectivity index (χ3v) is 5.23. The lowest BCUT2D eigenvalue weighted by atomic mass is 10.2. The van der Waals surface area contributed by atoms with E-state index in [1.807, 2.05) is 12.1 Å². The molecule has 3 N–H and O–H groups in total. The number of hydrogen-bond acceptors (Lipinski definition) is 5. The number of anilines is 1. The number of nitrogen functional groups attached to an aromatic ring is 1. The minimum Gasteiger partial charge on any atom is -0.399 e. The molecule has 0 radical (unpaired) electrons. The van der Waals surface area contributed by atoms with Crippen LogP contribution in [-0.2, 0) is 10.1 Å². The number of aromatic nitrogens is 1. The van der Waals surface area contributed by atoms with Gasteiger partial charge in [-0.15, -0.1) is 11.3 Å². The largest absolute Gasteiger partial charge is 0.399 e. The van der Waals surface area contributed by atoms with Crippen LogP contribution in [0.15, 0.2) is 41.3 Å². The van der Waals surface area contributed by atoms with E-state index in [2.05, 4.69) is 4.98 Å².